The van der Waals surface area contributed by atoms with Crippen molar-refractivity contribution in [2.75, 3.05) is 7.11 Å². The standard InChI is InChI=1S/C15H16INO/c1-18-14-7-2-4-11(8-14)9-15(17)12-5-3-6-13(16)10-12/h2-8,10,15H,9,17H2,1H3. The van der Waals surface area contributed by atoms with Gasteiger partial charge in [0.2, 0.25) is 0 Å². The maximum Gasteiger partial charge on any atom is 0.119 e. The van der Waals surface area contributed by atoms with Crippen molar-refractivity contribution < 1.29 is 4.74 Å². The predicted octanol–water partition coefficient (Wildman–Crippen LogP) is 3.54. The van der Waals surface area contributed by atoms with E-state index >= 15 is 0 Å². The molecular weight excluding hydrogens is 337 g/mol. The molecule has 0 bridgehead atoms. The monoisotopic (exact) mass is 353 g/mol. The summed E-state index contributed by atoms with van der Waals surface area (Å²) in [6, 6.07) is 16.4. The average Bonchev–Trinajstić information content (AvgIpc) is 2.39. The quantitative estimate of drug-likeness (QED) is 0.854. The zero-order valence-corrected chi connectivity index (χ0v) is 12.4. The van der Waals surface area contributed by atoms with Gasteiger partial charge in [-0.1, -0.05) is 24.3 Å². The van der Waals surface area contributed by atoms with Gasteiger partial charge in [-0.05, 0) is 64.4 Å². The molecule has 0 saturated carbocycles. The van der Waals surface area contributed by atoms with Crippen LogP contribution in [0.1, 0.15) is 17.2 Å². The van der Waals surface area contributed by atoms with Gasteiger partial charge < -0.3 is 10.5 Å². The molecule has 2 aromatic rings. The number of rotatable bonds is 4. The minimum absolute atomic E-state index is 0.0202. The van der Waals surface area contributed by atoms with E-state index < -0.39 is 0 Å². The molecular formula is C15H16INO. The first-order chi connectivity index (χ1) is 8.69. The van der Waals surface area contributed by atoms with Gasteiger partial charge in [-0.15, -0.1) is 0 Å². The Morgan fingerprint density at radius 1 is 1.17 bits per heavy atom. The molecule has 0 radical (unpaired) electrons. The molecule has 0 fully saturated rings. The predicted molar refractivity (Wildman–Crippen MR) is 82.8 cm³/mol. The van der Waals surface area contributed by atoms with Gasteiger partial charge in [0.05, 0.1) is 7.11 Å². The number of halogens is 1. The Bertz CT molecular complexity index is 527. The molecule has 1 atom stereocenters. The topological polar surface area (TPSA) is 35.2 Å². The minimum atomic E-state index is 0.0202. The van der Waals surface area contributed by atoms with Gasteiger partial charge in [-0.25, -0.2) is 0 Å². The SMILES string of the molecule is COc1cccc(CC(N)c2cccc(I)c2)c1. The van der Waals surface area contributed by atoms with Gasteiger partial charge in [0.25, 0.3) is 0 Å². The van der Waals surface area contributed by atoms with Crippen molar-refractivity contribution in [3.63, 3.8) is 0 Å². The Morgan fingerprint density at radius 2 is 1.94 bits per heavy atom. The molecule has 0 aliphatic heterocycles. The van der Waals surface area contributed by atoms with E-state index in [4.69, 9.17) is 10.5 Å². The summed E-state index contributed by atoms with van der Waals surface area (Å²) in [6.45, 7) is 0. The lowest BCUT2D eigenvalue weighted by Crippen LogP contribution is -2.13. The van der Waals surface area contributed by atoms with Gasteiger partial charge >= 0.3 is 0 Å². The third-order valence-electron chi connectivity index (χ3n) is 2.87. The summed E-state index contributed by atoms with van der Waals surface area (Å²) in [5.74, 6) is 0.877. The summed E-state index contributed by atoms with van der Waals surface area (Å²) in [6.07, 6.45) is 0.817. The van der Waals surface area contributed by atoms with E-state index in [1.807, 2.05) is 24.3 Å². The van der Waals surface area contributed by atoms with E-state index in [9.17, 15) is 0 Å². The second kappa shape index (κ2) is 6.20. The molecule has 2 rings (SSSR count). The maximum atomic E-state index is 6.24. The lowest BCUT2D eigenvalue weighted by molar-refractivity contribution is 0.414. The fourth-order valence-electron chi connectivity index (χ4n) is 1.91. The van der Waals surface area contributed by atoms with Crippen LogP contribution in [0.15, 0.2) is 48.5 Å². The molecule has 2 aromatic carbocycles. The molecule has 18 heavy (non-hydrogen) atoms. The average molecular weight is 353 g/mol. The van der Waals surface area contributed by atoms with E-state index in [1.165, 1.54) is 14.7 Å². The molecule has 0 aromatic heterocycles. The molecule has 2 nitrogen and oxygen atoms in total. The first-order valence-electron chi connectivity index (χ1n) is 5.83. The van der Waals surface area contributed by atoms with E-state index in [-0.39, 0.29) is 6.04 Å². The Kier molecular flexibility index (Phi) is 4.60. The van der Waals surface area contributed by atoms with Crippen molar-refractivity contribution in [3.8, 4) is 5.75 Å². The molecule has 0 saturated heterocycles. The maximum absolute atomic E-state index is 6.24. The highest BCUT2D eigenvalue weighted by Crippen LogP contribution is 2.20. The number of ether oxygens (including phenoxy) is 1. The Hall–Kier alpha value is -1.07. The third-order valence-corrected chi connectivity index (χ3v) is 3.54. The molecule has 2 N–H and O–H groups in total. The fraction of sp³-hybridized carbons (Fsp3) is 0.200. The molecule has 3 heteroatoms. The summed E-state index contributed by atoms with van der Waals surface area (Å²) < 4.78 is 6.43. The number of methoxy groups -OCH3 is 1. The first-order valence-corrected chi connectivity index (χ1v) is 6.91. The summed E-state index contributed by atoms with van der Waals surface area (Å²) in [5.41, 5.74) is 8.61. The highest BCUT2D eigenvalue weighted by Gasteiger charge is 2.08. The molecule has 0 spiro atoms. The number of hydrogen-bond donors (Lipinski definition) is 1. The number of nitrogens with two attached hydrogens (primary N) is 1. The summed E-state index contributed by atoms with van der Waals surface area (Å²) in [4.78, 5) is 0. The van der Waals surface area contributed by atoms with Crippen molar-refractivity contribution in [1.82, 2.24) is 0 Å². The van der Waals surface area contributed by atoms with Crippen LogP contribution in [-0.4, -0.2) is 7.11 Å². The largest absolute Gasteiger partial charge is 0.497 e. The van der Waals surface area contributed by atoms with E-state index in [0.29, 0.717) is 0 Å². The van der Waals surface area contributed by atoms with Crippen LogP contribution in [0.4, 0.5) is 0 Å². The van der Waals surface area contributed by atoms with Crippen LogP contribution in [0.2, 0.25) is 0 Å². The van der Waals surface area contributed by atoms with E-state index in [1.54, 1.807) is 7.11 Å². The first kappa shape index (κ1) is 13.4. The Morgan fingerprint density at radius 3 is 2.67 bits per heavy atom. The zero-order chi connectivity index (χ0) is 13.0. The van der Waals surface area contributed by atoms with Crippen LogP contribution in [-0.2, 0) is 6.42 Å². The van der Waals surface area contributed by atoms with Crippen molar-refractivity contribution in [2.24, 2.45) is 5.73 Å². The Labute approximate surface area is 121 Å². The second-order valence-corrected chi connectivity index (χ2v) is 5.46. The van der Waals surface area contributed by atoms with Crippen molar-refractivity contribution >= 4 is 22.6 Å². The normalized spacial score (nSPS) is 12.2. The van der Waals surface area contributed by atoms with Crippen molar-refractivity contribution in [3.05, 3.63) is 63.2 Å². The number of hydrogen-bond acceptors (Lipinski definition) is 2. The summed E-state index contributed by atoms with van der Waals surface area (Å²) >= 11 is 2.31. The highest BCUT2D eigenvalue weighted by atomic mass is 127. The summed E-state index contributed by atoms with van der Waals surface area (Å²) in [5, 5.41) is 0. The van der Waals surface area contributed by atoms with Crippen molar-refractivity contribution in [2.45, 2.75) is 12.5 Å². The molecule has 0 aliphatic rings. The van der Waals surface area contributed by atoms with Crippen molar-refractivity contribution in [1.29, 1.82) is 0 Å². The van der Waals surface area contributed by atoms with Gasteiger partial charge in [-0.2, -0.15) is 0 Å². The fourth-order valence-corrected chi connectivity index (χ4v) is 2.48. The minimum Gasteiger partial charge on any atom is -0.497 e. The van der Waals surface area contributed by atoms with Gasteiger partial charge in [0, 0.05) is 9.61 Å². The smallest absolute Gasteiger partial charge is 0.119 e. The van der Waals surface area contributed by atoms with E-state index in [2.05, 4.69) is 46.9 Å². The molecule has 1 unspecified atom stereocenters. The van der Waals surface area contributed by atoms with Gasteiger partial charge in [0.15, 0.2) is 0 Å². The van der Waals surface area contributed by atoms with Gasteiger partial charge in [0.1, 0.15) is 5.75 Å². The third kappa shape index (κ3) is 3.46. The Balaban J connectivity index is 2.13. The van der Waals surface area contributed by atoms with Crippen LogP contribution < -0.4 is 10.5 Å². The van der Waals surface area contributed by atoms with Gasteiger partial charge in [-0.3, -0.25) is 0 Å². The molecule has 94 valence electrons. The molecule has 0 amide bonds. The highest BCUT2D eigenvalue weighted by molar-refractivity contribution is 14.1. The van der Waals surface area contributed by atoms with Crippen LogP contribution >= 0.6 is 22.6 Å². The van der Waals surface area contributed by atoms with E-state index in [0.717, 1.165) is 12.2 Å². The lowest BCUT2D eigenvalue weighted by atomic mass is 10.00. The van der Waals surface area contributed by atoms with Crippen LogP contribution in [0.25, 0.3) is 0 Å². The molecule has 0 heterocycles. The molecule has 0 aliphatic carbocycles. The lowest BCUT2D eigenvalue weighted by Gasteiger charge is -2.13. The zero-order valence-electron chi connectivity index (χ0n) is 10.3. The van der Waals surface area contributed by atoms with Crippen LogP contribution in [0.3, 0.4) is 0 Å². The number of benzene rings is 2. The van der Waals surface area contributed by atoms with Crippen LogP contribution in [0, 0.1) is 3.57 Å². The summed E-state index contributed by atoms with van der Waals surface area (Å²) in [7, 11) is 1.68. The second-order valence-electron chi connectivity index (χ2n) is 4.22. The van der Waals surface area contributed by atoms with Crippen LogP contribution in [0.5, 0.6) is 5.75 Å².